The van der Waals surface area contributed by atoms with Gasteiger partial charge in [-0.1, -0.05) is 50.1 Å². The number of unbranched alkanes of at least 4 members (excludes halogenated alkanes) is 2. The van der Waals surface area contributed by atoms with Crippen molar-refractivity contribution in [3.05, 3.63) is 71.3 Å². The van der Waals surface area contributed by atoms with Crippen molar-refractivity contribution in [2.75, 3.05) is 19.8 Å². The zero-order valence-corrected chi connectivity index (χ0v) is 19.6. The average Bonchev–Trinajstić information content (AvgIpc) is 3.07. The monoisotopic (exact) mass is 451 g/mol. The highest BCUT2D eigenvalue weighted by atomic mass is 16.5. The molecule has 1 aliphatic heterocycles. The number of ether oxygens (including phenoxy) is 2. The lowest BCUT2D eigenvalue weighted by atomic mass is 9.95. The van der Waals surface area contributed by atoms with Gasteiger partial charge in [-0.05, 0) is 50.1 Å². The molecule has 0 bridgehead atoms. The number of aliphatic hydroxyl groups excluding tert-OH is 1. The normalized spacial score (nSPS) is 17.7. The van der Waals surface area contributed by atoms with Crippen molar-refractivity contribution in [2.45, 2.75) is 52.2 Å². The number of likely N-dealkylation sites (tertiary alicyclic amines) is 1. The number of nitrogens with zero attached hydrogens (tertiary/aromatic N) is 1. The van der Waals surface area contributed by atoms with E-state index in [0.717, 1.165) is 24.8 Å². The van der Waals surface area contributed by atoms with E-state index in [1.807, 2.05) is 44.2 Å². The van der Waals surface area contributed by atoms with E-state index in [1.165, 1.54) is 4.90 Å². The van der Waals surface area contributed by atoms with Gasteiger partial charge < -0.3 is 19.5 Å². The van der Waals surface area contributed by atoms with Gasteiger partial charge in [-0.15, -0.1) is 0 Å². The Hall–Kier alpha value is -3.12. The summed E-state index contributed by atoms with van der Waals surface area (Å²) in [6.07, 6.45) is 3.24. The predicted octanol–water partition coefficient (Wildman–Crippen LogP) is 5.10. The summed E-state index contributed by atoms with van der Waals surface area (Å²) in [5.74, 6) is -0.806. The maximum atomic E-state index is 13.0. The zero-order valence-electron chi connectivity index (χ0n) is 19.6. The third-order valence-electron chi connectivity index (χ3n) is 5.58. The lowest BCUT2D eigenvalue weighted by Crippen LogP contribution is -2.33. The van der Waals surface area contributed by atoms with Gasteiger partial charge >= 0.3 is 0 Å². The first-order valence-electron chi connectivity index (χ1n) is 11.6. The van der Waals surface area contributed by atoms with Crippen molar-refractivity contribution in [1.29, 1.82) is 0 Å². The molecular weight excluding hydrogens is 418 g/mol. The summed E-state index contributed by atoms with van der Waals surface area (Å²) in [7, 11) is 0. The van der Waals surface area contributed by atoms with Gasteiger partial charge in [-0.25, -0.2) is 0 Å². The summed E-state index contributed by atoms with van der Waals surface area (Å²) in [5.41, 5.74) is 1.32. The average molecular weight is 452 g/mol. The van der Waals surface area contributed by atoms with Gasteiger partial charge in [-0.2, -0.15) is 0 Å². The third kappa shape index (κ3) is 6.02. The Bertz CT molecular complexity index is 966. The van der Waals surface area contributed by atoms with Crippen LogP contribution in [0.15, 0.2) is 60.2 Å². The molecule has 1 atom stereocenters. The number of rotatable bonds is 11. The van der Waals surface area contributed by atoms with Crippen molar-refractivity contribution in [2.24, 2.45) is 0 Å². The Morgan fingerprint density at radius 2 is 1.70 bits per heavy atom. The number of Topliss-reactive ketones (excluding diaryl/α,β-unsaturated/α-hetero) is 1. The molecule has 6 nitrogen and oxygen atoms in total. The number of carbonyl (C=O) groups excluding carboxylic acids is 2. The van der Waals surface area contributed by atoms with Gasteiger partial charge in [0.15, 0.2) is 0 Å². The van der Waals surface area contributed by atoms with Crippen molar-refractivity contribution < 1.29 is 24.2 Å². The number of amides is 1. The molecule has 0 saturated carbocycles. The second-order valence-corrected chi connectivity index (χ2v) is 8.40. The number of ketones is 1. The molecular formula is C27H33NO5. The van der Waals surface area contributed by atoms with E-state index in [0.29, 0.717) is 24.5 Å². The molecule has 2 aromatic rings. The van der Waals surface area contributed by atoms with Crippen LogP contribution < -0.4 is 4.74 Å². The first-order valence-corrected chi connectivity index (χ1v) is 11.6. The molecule has 1 fully saturated rings. The van der Waals surface area contributed by atoms with Crippen LogP contribution in [0.4, 0.5) is 0 Å². The van der Waals surface area contributed by atoms with Crippen LogP contribution in [0.25, 0.3) is 5.76 Å². The molecule has 0 aromatic heterocycles. The van der Waals surface area contributed by atoms with Crippen LogP contribution in [-0.2, 0) is 14.3 Å². The second kappa shape index (κ2) is 11.7. The molecule has 0 spiro atoms. The Morgan fingerprint density at radius 1 is 1.00 bits per heavy atom. The first-order chi connectivity index (χ1) is 15.9. The fraction of sp³-hybridized carbons (Fsp3) is 0.407. The number of aliphatic hydroxyl groups is 1. The maximum Gasteiger partial charge on any atom is 0.295 e. The summed E-state index contributed by atoms with van der Waals surface area (Å²) in [6, 6.07) is 15.6. The van der Waals surface area contributed by atoms with Crippen LogP contribution in [0, 0.1) is 0 Å². The summed E-state index contributed by atoms with van der Waals surface area (Å²) >= 11 is 0. The smallest absolute Gasteiger partial charge is 0.295 e. The molecule has 1 saturated heterocycles. The molecule has 0 aliphatic carbocycles. The molecule has 33 heavy (non-hydrogen) atoms. The molecule has 6 heteroatoms. The highest BCUT2D eigenvalue weighted by molar-refractivity contribution is 6.46. The number of hydrogen-bond acceptors (Lipinski definition) is 5. The van der Waals surface area contributed by atoms with Gasteiger partial charge in [-0.3, -0.25) is 9.59 Å². The molecule has 3 rings (SSSR count). The summed E-state index contributed by atoms with van der Waals surface area (Å²) < 4.78 is 11.4. The topological polar surface area (TPSA) is 76.1 Å². The van der Waals surface area contributed by atoms with E-state index in [2.05, 4.69) is 6.92 Å². The SMILES string of the molecule is CCCCCOc1ccc(/C(O)=C2/C(=O)C(=O)N(CCOC(C)C)C2c2ccccc2)cc1. The quantitative estimate of drug-likeness (QED) is 0.223. The highest BCUT2D eigenvalue weighted by Gasteiger charge is 2.45. The summed E-state index contributed by atoms with van der Waals surface area (Å²) in [5, 5.41) is 11.1. The third-order valence-corrected chi connectivity index (χ3v) is 5.58. The minimum absolute atomic E-state index is 0.0136. The van der Waals surface area contributed by atoms with Crippen LogP contribution in [0.2, 0.25) is 0 Å². The zero-order chi connectivity index (χ0) is 23.8. The van der Waals surface area contributed by atoms with Crippen molar-refractivity contribution in [1.82, 2.24) is 4.90 Å². The second-order valence-electron chi connectivity index (χ2n) is 8.40. The minimum Gasteiger partial charge on any atom is -0.507 e. The largest absolute Gasteiger partial charge is 0.507 e. The Kier molecular flexibility index (Phi) is 8.66. The number of benzene rings is 2. The van der Waals surface area contributed by atoms with E-state index in [-0.39, 0.29) is 24.0 Å². The first kappa shape index (κ1) is 24.5. The van der Waals surface area contributed by atoms with Gasteiger partial charge in [0.25, 0.3) is 11.7 Å². The molecule has 2 aromatic carbocycles. The minimum atomic E-state index is -0.689. The lowest BCUT2D eigenvalue weighted by Gasteiger charge is -2.25. The van der Waals surface area contributed by atoms with Crippen molar-refractivity contribution in [3.8, 4) is 5.75 Å². The van der Waals surface area contributed by atoms with Crippen LogP contribution in [0.3, 0.4) is 0 Å². The summed E-state index contributed by atoms with van der Waals surface area (Å²) in [4.78, 5) is 27.4. The lowest BCUT2D eigenvalue weighted by molar-refractivity contribution is -0.140. The fourth-order valence-corrected chi connectivity index (χ4v) is 3.89. The number of hydrogen-bond donors (Lipinski definition) is 1. The van der Waals surface area contributed by atoms with Crippen molar-refractivity contribution in [3.63, 3.8) is 0 Å². The van der Waals surface area contributed by atoms with Gasteiger partial charge in [0, 0.05) is 12.1 Å². The van der Waals surface area contributed by atoms with Crippen LogP contribution in [-0.4, -0.2) is 47.6 Å². The standard InChI is InChI=1S/C27H33NO5/c1-4-5-9-17-33-22-14-12-21(13-15-22)25(29)23-24(20-10-7-6-8-11-20)28(27(31)26(23)30)16-18-32-19(2)3/h6-8,10-15,19,24,29H,4-5,9,16-18H2,1-3H3/b25-23-. The van der Waals surface area contributed by atoms with Crippen LogP contribution in [0.1, 0.15) is 57.2 Å². The van der Waals surface area contributed by atoms with Gasteiger partial charge in [0.05, 0.1) is 30.9 Å². The molecule has 0 radical (unpaired) electrons. The highest BCUT2D eigenvalue weighted by Crippen LogP contribution is 2.39. The van der Waals surface area contributed by atoms with E-state index in [1.54, 1.807) is 24.3 Å². The van der Waals surface area contributed by atoms with Gasteiger partial charge in [0.1, 0.15) is 11.5 Å². The van der Waals surface area contributed by atoms with E-state index < -0.39 is 17.7 Å². The Morgan fingerprint density at radius 3 is 2.33 bits per heavy atom. The molecule has 176 valence electrons. The maximum absolute atomic E-state index is 13.0. The van der Waals surface area contributed by atoms with Gasteiger partial charge in [0.2, 0.25) is 0 Å². The molecule has 1 N–H and O–H groups in total. The van der Waals surface area contributed by atoms with Crippen LogP contribution in [0.5, 0.6) is 5.75 Å². The van der Waals surface area contributed by atoms with E-state index in [9.17, 15) is 14.7 Å². The molecule has 1 heterocycles. The molecule has 1 unspecified atom stereocenters. The Labute approximate surface area is 195 Å². The van der Waals surface area contributed by atoms with E-state index >= 15 is 0 Å². The Balaban J connectivity index is 1.90. The fourth-order valence-electron chi connectivity index (χ4n) is 3.89. The van der Waals surface area contributed by atoms with E-state index in [4.69, 9.17) is 9.47 Å². The molecule has 1 aliphatic rings. The van der Waals surface area contributed by atoms with Crippen LogP contribution >= 0.6 is 0 Å². The van der Waals surface area contributed by atoms with Crippen molar-refractivity contribution >= 4 is 17.4 Å². The summed E-state index contributed by atoms with van der Waals surface area (Å²) in [6.45, 7) is 7.17. The molecule has 1 amide bonds. The number of carbonyl (C=O) groups is 2. The predicted molar refractivity (Wildman–Crippen MR) is 128 cm³/mol.